The summed E-state index contributed by atoms with van der Waals surface area (Å²) < 4.78 is 10.6. The Morgan fingerprint density at radius 3 is 2.79 bits per heavy atom. The van der Waals surface area contributed by atoms with Gasteiger partial charge in [-0.1, -0.05) is 25.8 Å². The summed E-state index contributed by atoms with van der Waals surface area (Å²) in [6.07, 6.45) is 6.19. The minimum absolute atomic E-state index is 0.147. The molecule has 0 unspecified atom stereocenters. The van der Waals surface area contributed by atoms with Crippen LogP contribution in [-0.4, -0.2) is 12.6 Å². The second kappa shape index (κ2) is 6.41. The van der Waals surface area contributed by atoms with E-state index in [2.05, 4.69) is 6.92 Å². The molecule has 1 aromatic rings. The van der Waals surface area contributed by atoms with Gasteiger partial charge in [-0.05, 0) is 49.1 Å². The Balaban J connectivity index is 2.13. The van der Waals surface area contributed by atoms with E-state index in [0.29, 0.717) is 0 Å². The molecule has 0 saturated carbocycles. The van der Waals surface area contributed by atoms with Gasteiger partial charge in [0.15, 0.2) is 17.3 Å². The summed E-state index contributed by atoms with van der Waals surface area (Å²) in [6, 6.07) is 5.76. The highest BCUT2D eigenvalue weighted by atomic mass is 16.7. The van der Waals surface area contributed by atoms with Crippen LogP contribution in [0.2, 0.25) is 0 Å². The van der Waals surface area contributed by atoms with E-state index >= 15 is 0 Å². The van der Waals surface area contributed by atoms with E-state index in [0.717, 1.165) is 48.3 Å². The van der Waals surface area contributed by atoms with Gasteiger partial charge in [-0.15, -0.1) is 0 Å². The zero-order valence-electron chi connectivity index (χ0n) is 11.6. The molecule has 0 saturated heterocycles. The fraction of sp³-hybridized carbons (Fsp3) is 0.438. The van der Waals surface area contributed by atoms with Gasteiger partial charge in [0.2, 0.25) is 6.79 Å². The topological polar surface area (TPSA) is 35.5 Å². The molecule has 0 fully saturated rings. The van der Waals surface area contributed by atoms with Crippen molar-refractivity contribution in [1.29, 1.82) is 0 Å². The van der Waals surface area contributed by atoms with Gasteiger partial charge < -0.3 is 9.47 Å². The van der Waals surface area contributed by atoms with Crippen LogP contribution in [0.5, 0.6) is 11.5 Å². The van der Waals surface area contributed by atoms with Crippen LogP contribution >= 0.6 is 0 Å². The van der Waals surface area contributed by atoms with Gasteiger partial charge in [-0.2, -0.15) is 0 Å². The summed E-state index contributed by atoms with van der Waals surface area (Å²) in [6.45, 7) is 4.07. The Morgan fingerprint density at radius 2 is 2.05 bits per heavy atom. The van der Waals surface area contributed by atoms with Crippen LogP contribution in [0.4, 0.5) is 0 Å². The molecule has 1 heterocycles. The second-order valence-electron chi connectivity index (χ2n) is 4.80. The van der Waals surface area contributed by atoms with Crippen molar-refractivity contribution in [1.82, 2.24) is 0 Å². The zero-order valence-corrected chi connectivity index (χ0v) is 11.6. The maximum absolute atomic E-state index is 11.7. The standard InChI is InChI=1S/C16H20O3/c1-3-4-5-6-14(12(2)17)9-13-7-8-15-16(10-13)19-11-18-15/h7-10H,3-6,11H2,1-2H3. The van der Waals surface area contributed by atoms with Gasteiger partial charge in [0, 0.05) is 0 Å². The molecule has 0 radical (unpaired) electrons. The molecule has 0 spiro atoms. The average Bonchev–Trinajstić information content (AvgIpc) is 2.85. The van der Waals surface area contributed by atoms with Gasteiger partial charge >= 0.3 is 0 Å². The van der Waals surface area contributed by atoms with Crippen LogP contribution < -0.4 is 9.47 Å². The molecule has 3 heteroatoms. The molecule has 2 rings (SSSR count). The highest BCUT2D eigenvalue weighted by molar-refractivity contribution is 5.97. The summed E-state index contributed by atoms with van der Waals surface area (Å²) in [5.74, 6) is 1.67. The van der Waals surface area contributed by atoms with E-state index in [1.165, 1.54) is 0 Å². The van der Waals surface area contributed by atoms with E-state index in [1.54, 1.807) is 6.92 Å². The molecule has 19 heavy (non-hydrogen) atoms. The number of rotatable bonds is 6. The number of carbonyl (C=O) groups is 1. The van der Waals surface area contributed by atoms with E-state index in [1.807, 2.05) is 24.3 Å². The molecule has 102 valence electrons. The monoisotopic (exact) mass is 260 g/mol. The third kappa shape index (κ3) is 3.60. The highest BCUT2D eigenvalue weighted by Crippen LogP contribution is 2.33. The number of fused-ring (bicyclic) bond motifs is 1. The molecule has 1 aromatic carbocycles. The summed E-state index contributed by atoms with van der Waals surface area (Å²) >= 11 is 0. The van der Waals surface area contributed by atoms with Crippen LogP contribution in [0.1, 0.15) is 45.1 Å². The number of hydrogen-bond donors (Lipinski definition) is 0. The van der Waals surface area contributed by atoms with Crippen molar-refractivity contribution in [2.75, 3.05) is 6.79 Å². The molecular formula is C16H20O3. The molecule has 1 aliphatic rings. The molecule has 0 aromatic heterocycles. The van der Waals surface area contributed by atoms with Crippen LogP contribution in [0.15, 0.2) is 23.8 Å². The summed E-state index contributed by atoms with van der Waals surface area (Å²) in [4.78, 5) is 11.7. The Morgan fingerprint density at radius 1 is 1.26 bits per heavy atom. The van der Waals surface area contributed by atoms with E-state index in [4.69, 9.17) is 9.47 Å². The number of benzene rings is 1. The van der Waals surface area contributed by atoms with Crippen LogP contribution in [0.25, 0.3) is 6.08 Å². The minimum atomic E-state index is 0.147. The van der Waals surface area contributed by atoms with Crippen molar-refractivity contribution in [3.8, 4) is 11.5 Å². The lowest BCUT2D eigenvalue weighted by atomic mass is 10.0. The maximum Gasteiger partial charge on any atom is 0.231 e. The van der Waals surface area contributed by atoms with Crippen molar-refractivity contribution in [2.45, 2.75) is 39.5 Å². The van der Waals surface area contributed by atoms with Crippen molar-refractivity contribution in [3.63, 3.8) is 0 Å². The lowest BCUT2D eigenvalue weighted by Gasteiger charge is -2.04. The number of hydrogen-bond acceptors (Lipinski definition) is 3. The van der Waals surface area contributed by atoms with Gasteiger partial charge in [-0.25, -0.2) is 0 Å². The molecule has 0 amide bonds. The van der Waals surface area contributed by atoms with Gasteiger partial charge in [0.25, 0.3) is 0 Å². The first kappa shape index (κ1) is 13.7. The van der Waals surface area contributed by atoms with Crippen LogP contribution in [0, 0.1) is 0 Å². The SMILES string of the molecule is CCCCCC(=Cc1ccc2c(c1)OCO2)C(C)=O. The molecule has 0 atom stereocenters. The quantitative estimate of drug-likeness (QED) is 0.573. The number of ether oxygens (including phenoxy) is 2. The fourth-order valence-electron chi connectivity index (χ4n) is 2.12. The smallest absolute Gasteiger partial charge is 0.231 e. The number of allylic oxidation sites excluding steroid dienone is 1. The predicted molar refractivity (Wildman–Crippen MR) is 75.4 cm³/mol. The van der Waals surface area contributed by atoms with E-state index in [9.17, 15) is 4.79 Å². The zero-order chi connectivity index (χ0) is 13.7. The van der Waals surface area contributed by atoms with E-state index < -0.39 is 0 Å². The molecule has 0 N–H and O–H groups in total. The number of carbonyl (C=O) groups excluding carboxylic acids is 1. The molecular weight excluding hydrogens is 240 g/mol. The Hall–Kier alpha value is -1.77. The third-order valence-electron chi connectivity index (χ3n) is 3.24. The first-order valence-corrected chi connectivity index (χ1v) is 6.82. The van der Waals surface area contributed by atoms with Gasteiger partial charge in [0.1, 0.15) is 0 Å². The fourth-order valence-corrected chi connectivity index (χ4v) is 2.12. The van der Waals surface area contributed by atoms with Crippen molar-refractivity contribution in [3.05, 3.63) is 29.3 Å². The van der Waals surface area contributed by atoms with Gasteiger partial charge in [-0.3, -0.25) is 4.79 Å². The molecule has 3 nitrogen and oxygen atoms in total. The Kier molecular flexibility index (Phi) is 4.61. The van der Waals surface area contributed by atoms with E-state index in [-0.39, 0.29) is 12.6 Å². The number of ketones is 1. The third-order valence-corrected chi connectivity index (χ3v) is 3.24. The average molecular weight is 260 g/mol. The summed E-state index contributed by atoms with van der Waals surface area (Å²) in [7, 11) is 0. The number of Topliss-reactive ketones (excluding diaryl/α,β-unsaturated/α-hetero) is 1. The van der Waals surface area contributed by atoms with Gasteiger partial charge in [0.05, 0.1) is 0 Å². The Bertz CT molecular complexity index is 489. The molecule has 0 bridgehead atoms. The predicted octanol–water partition coefficient (Wildman–Crippen LogP) is 3.97. The van der Waals surface area contributed by atoms with Crippen LogP contribution in [0.3, 0.4) is 0 Å². The number of unbranched alkanes of at least 4 members (excludes halogenated alkanes) is 2. The van der Waals surface area contributed by atoms with Crippen molar-refractivity contribution in [2.24, 2.45) is 0 Å². The molecule has 0 aliphatic carbocycles. The van der Waals surface area contributed by atoms with Crippen LogP contribution in [-0.2, 0) is 4.79 Å². The normalized spacial score (nSPS) is 13.7. The maximum atomic E-state index is 11.7. The molecule has 1 aliphatic heterocycles. The largest absolute Gasteiger partial charge is 0.454 e. The minimum Gasteiger partial charge on any atom is -0.454 e. The lowest BCUT2D eigenvalue weighted by molar-refractivity contribution is -0.113. The Labute approximate surface area is 114 Å². The summed E-state index contributed by atoms with van der Waals surface area (Å²) in [5, 5.41) is 0. The van der Waals surface area contributed by atoms with Crippen molar-refractivity contribution >= 4 is 11.9 Å². The first-order valence-electron chi connectivity index (χ1n) is 6.82. The highest BCUT2D eigenvalue weighted by Gasteiger charge is 2.13. The van der Waals surface area contributed by atoms with Crippen molar-refractivity contribution < 1.29 is 14.3 Å². The first-order chi connectivity index (χ1) is 9.20. The second-order valence-corrected chi connectivity index (χ2v) is 4.80. The summed E-state index contributed by atoms with van der Waals surface area (Å²) in [5.41, 5.74) is 1.87. The lowest BCUT2D eigenvalue weighted by Crippen LogP contribution is -1.96.